The molecule has 108 valence electrons. The van der Waals surface area contributed by atoms with Crippen LogP contribution in [0.2, 0.25) is 0 Å². The van der Waals surface area contributed by atoms with Crippen LogP contribution in [0.3, 0.4) is 0 Å². The number of anilines is 1. The molecule has 0 aliphatic carbocycles. The number of benzene rings is 1. The average molecular weight is 305 g/mol. The van der Waals surface area contributed by atoms with Gasteiger partial charge in [0.2, 0.25) is 0 Å². The fraction of sp³-hybridized carbons (Fsp3) is 0.0833. The van der Waals surface area contributed by atoms with Crippen molar-refractivity contribution in [2.75, 3.05) is 4.72 Å². The first-order valence-electron chi connectivity index (χ1n) is 5.99. The summed E-state index contributed by atoms with van der Waals surface area (Å²) in [4.78, 5) is 8.00. The van der Waals surface area contributed by atoms with Gasteiger partial charge in [0.15, 0.2) is 0 Å². The Morgan fingerprint density at radius 1 is 1.14 bits per heavy atom. The van der Waals surface area contributed by atoms with Crippen molar-refractivity contribution in [3.8, 4) is 6.01 Å². The molecule has 3 aromatic rings. The van der Waals surface area contributed by atoms with Gasteiger partial charge in [-0.2, -0.15) is 13.4 Å². The predicted octanol–water partition coefficient (Wildman–Crippen LogP) is 1.17. The lowest BCUT2D eigenvalue weighted by molar-refractivity contribution is 0.470. The van der Waals surface area contributed by atoms with E-state index in [0.717, 1.165) is 5.69 Å². The van der Waals surface area contributed by atoms with Crippen LogP contribution in [-0.2, 0) is 10.3 Å². The second-order valence-electron chi connectivity index (χ2n) is 4.21. The van der Waals surface area contributed by atoms with Crippen LogP contribution in [0.1, 0.15) is 5.69 Å². The first-order chi connectivity index (χ1) is 10.0. The number of nitrogens with zero attached hydrogens (tertiary/aromatic N) is 4. The van der Waals surface area contributed by atoms with E-state index in [4.69, 9.17) is 4.18 Å². The minimum absolute atomic E-state index is 0.264. The number of nitrogens with one attached hydrogen (secondary N) is 1. The van der Waals surface area contributed by atoms with Gasteiger partial charge >= 0.3 is 16.3 Å². The lowest BCUT2D eigenvalue weighted by Crippen LogP contribution is -2.19. The van der Waals surface area contributed by atoms with Gasteiger partial charge < -0.3 is 4.18 Å². The molecule has 0 saturated heterocycles. The van der Waals surface area contributed by atoms with Crippen LogP contribution in [0.15, 0.2) is 42.6 Å². The molecule has 0 radical (unpaired) electrons. The number of para-hydroxylation sites is 1. The maximum absolute atomic E-state index is 11.9. The normalized spacial score (nSPS) is 11.5. The molecule has 2 aromatic heterocycles. The third kappa shape index (κ3) is 3.08. The van der Waals surface area contributed by atoms with E-state index in [-0.39, 0.29) is 11.8 Å². The van der Waals surface area contributed by atoms with Gasteiger partial charge in [-0.1, -0.05) is 18.2 Å². The Morgan fingerprint density at radius 3 is 2.67 bits per heavy atom. The summed E-state index contributed by atoms with van der Waals surface area (Å²) < 4.78 is 32.1. The summed E-state index contributed by atoms with van der Waals surface area (Å²) >= 11 is 0. The van der Waals surface area contributed by atoms with E-state index in [1.165, 1.54) is 4.52 Å². The summed E-state index contributed by atoms with van der Waals surface area (Å²) in [7, 11) is -4.06. The van der Waals surface area contributed by atoms with Crippen LogP contribution in [0.4, 0.5) is 5.69 Å². The highest BCUT2D eigenvalue weighted by Gasteiger charge is 2.17. The highest BCUT2D eigenvalue weighted by atomic mass is 32.2. The third-order valence-electron chi connectivity index (χ3n) is 2.53. The maximum Gasteiger partial charge on any atom is 0.410 e. The molecule has 2 heterocycles. The molecule has 0 unspecified atom stereocenters. The summed E-state index contributed by atoms with van der Waals surface area (Å²) in [6, 6.07) is 9.81. The number of aryl methyl sites for hydroxylation is 1. The van der Waals surface area contributed by atoms with E-state index < -0.39 is 10.3 Å². The van der Waals surface area contributed by atoms with Gasteiger partial charge in [0.05, 0.1) is 5.69 Å². The fourth-order valence-corrected chi connectivity index (χ4v) is 2.38. The number of aromatic nitrogens is 4. The van der Waals surface area contributed by atoms with Gasteiger partial charge in [-0.25, -0.2) is 9.50 Å². The van der Waals surface area contributed by atoms with Crippen molar-refractivity contribution >= 4 is 21.8 Å². The summed E-state index contributed by atoms with van der Waals surface area (Å²) in [5.41, 5.74) is 1.13. The third-order valence-corrected chi connectivity index (χ3v) is 3.38. The standard InChI is InChI=1S/C12H11N5O3S/c1-9-7-8-17-11(13-9)14-12(15-17)20-21(18,19)16-10-5-3-2-4-6-10/h2-8,16H,1H3. The Morgan fingerprint density at radius 2 is 1.90 bits per heavy atom. The van der Waals surface area contributed by atoms with E-state index in [9.17, 15) is 8.42 Å². The van der Waals surface area contributed by atoms with Gasteiger partial charge in [-0.05, 0) is 25.1 Å². The van der Waals surface area contributed by atoms with Gasteiger partial charge in [0.25, 0.3) is 5.78 Å². The topological polar surface area (TPSA) is 98.5 Å². The van der Waals surface area contributed by atoms with Gasteiger partial charge in [-0.3, -0.25) is 4.72 Å². The molecule has 21 heavy (non-hydrogen) atoms. The van der Waals surface area contributed by atoms with E-state index in [1.54, 1.807) is 49.5 Å². The number of hydrogen-bond donors (Lipinski definition) is 1. The highest BCUT2D eigenvalue weighted by molar-refractivity contribution is 7.88. The molecule has 9 heteroatoms. The molecule has 0 atom stereocenters. The van der Waals surface area contributed by atoms with Gasteiger partial charge in [0, 0.05) is 11.9 Å². The molecule has 8 nitrogen and oxygen atoms in total. The summed E-state index contributed by atoms with van der Waals surface area (Å²) in [6.07, 6.45) is 1.62. The molecule has 0 saturated carbocycles. The van der Waals surface area contributed by atoms with Crippen LogP contribution < -0.4 is 8.91 Å². The lowest BCUT2D eigenvalue weighted by atomic mass is 10.3. The molecular weight excluding hydrogens is 294 g/mol. The Kier molecular flexibility index (Phi) is 3.18. The van der Waals surface area contributed by atoms with E-state index in [2.05, 4.69) is 19.8 Å². The second-order valence-corrected chi connectivity index (χ2v) is 5.49. The molecular formula is C12H11N5O3S. The van der Waals surface area contributed by atoms with E-state index in [1.807, 2.05) is 0 Å². The minimum Gasteiger partial charge on any atom is -0.326 e. The highest BCUT2D eigenvalue weighted by Crippen LogP contribution is 2.12. The Bertz CT molecular complexity index is 876. The van der Waals surface area contributed by atoms with Crippen molar-refractivity contribution in [3.05, 3.63) is 48.3 Å². The molecule has 0 bridgehead atoms. The van der Waals surface area contributed by atoms with Gasteiger partial charge in [0.1, 0.15) is 0 Å². The molecule has 0 spiro atoms. The molecule has 0 aliphatic rings. The number of fused-ring (bicyclic) bond motifs is 1. The number of hydrogen-bond acceptors (Lipinski definition) is 6. The fourth-order valence-electron chi connectivity index (χ4n) is 1.65. The number of rotatable bonds is 4. The Balaban J connectivity index is 1.83. The average Bonchev–Trinajstić information content (AvgIpc) is 2.79. The summed E-state index contributed by atoms with van der Waals surface area (Å²) in [5, 5.41) is 3.88. The minimum atomic E-state index is -4.06. The van der Waals surface area contributed by atoms with Crippen LogP contribution in [-0.4, -0.2) is 28.0 Å². The van der Waals surface area contributed by atoms with E-state index >= 15 is 0 Å². The van der Waals surface area contributed by atoms with Crippen molar-refractivity contribution < 1.29 is 12.6 Å². The van der Waals surface area contributed by atoms with Gasteiger partial charge in [-0.15, -0.1) is 5.10 Å². The van der Waals surface area contributed by atoms with Crippen molar-refractivity contribution in [3.63, 3.8) is 0 Å². The zero-order chi connectivity index (χ0) is 14.9. The second kappa shape index (κ2) is 5.02. The quantitative estimate of drug-likeness (QED) is 0.777. The molecule has 1 N–H and O–H groups in total. The smallest absolute Gasteiger partial charge is 0.326 e. The molecule has 0 aliphatic heterocycles. The zero-order valence-electron chi connectivity index (χ0n) is 11.0. The first-order valence-corrected chi connectivity index (χ1v) is 7.40. The Hall–Kier alpha value is -2.68. The molecule has 0 amide bonds. The zero-order valence-corrected chi connectivity index (χ0v) is 11.8. The van der Waals surface area contributed by atoms with Crippen LogP contribution >= 0.6 is 0 Å². The monoisotopic (exact) mass is 305 g/mol. The van der Waals surface area contributed by atoms with Crippen LogP contribution in [0, 0.1) is 6.92 Å². The SMILES string of the molecule is Cc1ccn2nc(OS(=O)(=O)Nc3ccccc3)nc2n1. The summed E-state index contributed by atoms with van der Waals surface area (Å²) in [5.74, 6) is 0.264. The van der Waals surface area contributed by atoms with Crippen LogP contribution in [0.5, 0.6) is 6.01 Å². The van der Waals surface area contributed by atoms with Crippen molar-refractivity contribution in [1.29, 1.82) is 0 Å². The summed E-state index contributed by atoms with van der Waals surface area (Å²) in [6.45, 7) is 1.79. The van der Waals surface area contributed by atoms with Crippen LogP contribution in [0.25, 0.3) is 5.78 Å². The predicted molar refractivity (Wildman–Crippen MR) is 75.1 cm³/mol. The maximum atomic E-state index is 11.9. The largest absolute Gasteiger partial charge is 0.410 e. The van der Waals surface area contributed by atoms with Crippen molar-refractivity contribution in [1.82, 2.24) is 19.6 Å². The van der Waals surface area contributed by atoms with Crippen molar-refractivity contribution in [2.45, 2.75) is 6.92 Å². The lowest BCUT2D eigenvalue weighted by Gasteiger charge is -2.05. The van der Waals surface area contributed by atoms with Crippen molar-refractivity contribution in [2.24, 2.45) is 0 Å². The molecule has 3 rings (SSSR count). The van der Waals surface area contributed by atoms with E-state index in [0.29, 0.717) is 5.69 Å². The first kappa shape index (κ1) is 13.3. The molecule has 0 fully saturated rings. The Labute approximate surface area is 120 Å². The molecule has 1 aromatic carbocycles.